The molecule has 0 aromatic heterocycles. The highest BCUT2D eigenvalue weighted by atomic mass is 16.5. The number of carbonyl (C=O) groups excluding carboxylic acids is 2. The van der Waals surface area contributed by atoms with Crippen molar-refractivity contribution in [3.63, 3.8) is 0 Å². The average molecular weight is 198 g/mol. The summed E-state index contributed by atoms with van der Waals surface area (Å²) in [4.78, 5) is 22.6. The van der Waals surface area contributed by atoms with Gasteiger partial charge in [-0.15, -0.1) is 0 Å². The highest BCUT2D eigenvalue weighted by Crippen LogP contribution is 2.36. The van der Waals surface area contributed by atoms with Crippen molar-refractivity contribution >= 4 is 11.9 Å². The predicted octanol–water partition coefficient (Wildman–Crippen LogP) is 0.915. The molecule has 0 aromatic carbocycles. The van der Waals surface area contributed by atoms with Gasteiger partial charge in [-0.05, 0) is 12.8 Å². The minimum absolute atomic E-state index is 0.362. The van der Waals surface area contributed by atoms with Crippen molar-refractivity contribution in [2.75, 3.05) is 14.2 Å². The molecule has 4 nitrogen and oxygen atoms in total. The maximum Gasteiger partial charge on any atom is 0.309 e. The highest BCUT2D eigenvalue weighted by molar-refractivity contribution is 5.83. The molecule has 2 atom stereocenters. The lowest BCUT2D eigenvalue weighted by Gasteiger charge is -2.13. The molecule has 0 saturated heterocycles. The molecule has 0 unspecified atom stereocenters. The SMILES string of the molecule is C=C1C[C@H](C(=O)OC)[C@H](C(=O)OC)C1. The number of carbonyl (C=O) groups is 2. The lowest BCUT2D eigenvalue weighted by Crippen LogP contribution is -2.27. The molecule has 78 valence electrons. The Morgan fingerprint density at radius 1 is 1.14 bits per heavy atom. The third-order valence-corrected chi connectivity index (χ3v) is 2.51. The molecule has 0 amide bonds. The normalized spacial score (nSPS) is 26.0. The molecule has 1 saturated carbocycles. The van der Waals surface area contributed by atoms with E-state index in [0.29, 0.717) is 12.8 Å². The van der Waals surface area contributed by atoms with Crippen molar-refractivity contribution in [2.24, 2.45) is 11.8 Å². The van der Waals surface area contributed by atoms with Crippen LogP contribution in [0.2, 0.25) is 0 Å². The zero-order valence-electron chi connectivity index (χ0n) is 8.41. The van der Waals surface area contributed by atoms with E-state index in [1.54, 1.807) is 0 Å². The van der Waals surface area contributed by atoms with Crippen LogP contribution in [0.5, 0.6) is 0 Å². The molecule has 14 heavy (non-hydrogen) atoms. The first-order valence-corrected chi connectivity index (χ1v) is 4.42. The molecule has 0 heterocycles. The third-order valence-electron chi connectivity index (χ3n) is 2.51. The zero-order chi connectivity index (χ0) is 10.7. The van der Waals surface area contributed by atoms with Gasteiger partial charge in [0.2, 0.25) is 0 Å². The van der Waals surface area contributed by atoms with Crippen LogP contribution in [0.4, 0.5) is 0 Å². The van der Waals surface area contributed by atoms with E-state index in [2.05, 4.69) is 16.1 Å². The number of hydrogen-bond donors (Lipinski definition) is 0. The Kier molecular flexibility index (Phi) is 3.28. The molecule has 1 aliphatic rings. The first kappa shape index (κ1) is 10.8. The largest absolute Gasteiger partial charge is 0.469 e. The second-order valence-electron chi connectivity index (χ2n) is 3.42. The summed E-state index contributed by atoms with van der Waals surface area (Å²) in [6.07, 6.45) is 1.04. The molecule has 1 rings (SSSR count). The summed E-state index contributed by atoms with van der Waals surface area (Å²) < 4.78 is 9.24. The molecule has 0 aliphatic heterocycles. The molecule has 0 aromatic rings. The monoisotopic (exact) mass is 198 g/mol. The fourth-order valence-electron chi connectivity index (χ4n) is 1.79. The molecule has 1 aliphatic carbocycles. The van der Waals surface area contributed by atoms with E-state index in [-0.39, 0.29) is 11.9 Å². The molecule has 1 fully saturated rings. The molecule has 0 radical (unpaired) electrons. The minimum atomic E-state index is -0.417. The van der Waals surface area contributed by atoms with E-state index in [9.17, 15) is 9.59 Å². The first-order chi connectivity index (χ1) is 6.60. The zero-order valence-corrected chi connectivity index (χ0v) is 8.41. The number of esters is 2. The van der Waals surface area contributed by atoms with Gasteiger partial charge in [0.05, 0.1) is 26.1 Å². The Morgan fingerprint density at radius 3 is 1.79 bits per heavy atom. The summed E-state index contributed by atoms with van der Waals surface area (Å²) in [6.45, 7) is 3.77. The van der Waals surface area contributed by atoms with Crippen LogP contribution in [0.25, 0.3) is 0 Å². The smallest absolute Gasteiger partial charge is 0.309 e. The highest BCUT2D eigenvalue weighted by Gasteiger charge is 2.40. The van der Waals surface area contributed by atoms with Crippen molar-refractivity contribution in [1.29, 1.82) is 0 Å². The second kappa shape index (κ2) is 4.26. The summed E-state index contributed by atoms with van der Waals surface area (Å²) in [5, 5.41) is 0. The van der Waals surface area contributed by atoms with Crippen molar-refractivity contribution in [3.05, 3.63) is 12.2 Å². The van der Waals surface area contributed by atoms with E-state index < -0.39 is 11.8 Å². The first-order valence-electron chi connectivity index (χ1n) is 4.42. The van der Waals surface area contributed by atoms with Gasteiger partial charge in [0.25, 0.3) is 0 Å². The summed E-state index contributed by atoms with van der Waals surface area (Å²) in [5.41, 5.74) is 0.899. The summed E-state index contributed by atoms with van der Waals surface area (Å²) in [6, 6.07) is 0. The Morgan fingerprint density at radius 2 is 1.50 bits per heavy atom. The van der Waals surface area contributed by atoms with Crippen LogP contribution in [-0.2, 0) is 19.1 Å². The maximum atomic E-state index is 11.3. The Balaban J connectivity index is 2.77. The average Bonchev–Trinajstić information content (AvgIpc) is 2.58. The van der Waals surface area contributed by atoms with Crippen molar-refractivity contribution < 1.29 is 19.1 Å². The van der Waals surface area contributed by atoms with Crippen LogP contribution in [0, 0.1) is 11.8 Å². The Hall–Kier alpha value is -1.32. The van der Waals surface area contributed by atoms with Crippen LogP contribution in [0.1, 0.15) is 12.8 Å². The van der Waals surface area contributed by atoms with Gasteiger partial charge in [-0.25, -0.2) is 0 Å². The topological polar surface area (TPSA) is 52.6 Å². The number of methoxy groups -OCH3 is 2. The van der Waals surface area contributed by atoms with Gasteiger partial charge < -0.3 is 9.47 Å². The molecular formula is C10H14O4. The number of allylic oxidation sites excluding steroid dienone is 1. The predicted molar refractivity (Wildman–Crippen MR) is 49.4 cm³/mol. The van der Waals surface area contributed by atoms with Gasteiger partial charge in [-0.1, -0.05) is 12.2 Å². The van der Waals surface area contributed by atoms with Gasteiger partial charge in [0.15, 0.2) is 0 Å². The van der Waals surface area contributed by atoms with Gasteiger partial charge in [-0.2, -0.15) is 0 Å². The van der Waals surface area contributed by atoms with Crippen LogP contribution >= 0.6 is 0 Å². The van der Waals surface area contributed by atoms with Crippen LogP contribution in [0.3, 0.4) is 0 Å². The number of hydrogen-bond acceptors (Lipinski definition) is 4. The third kappa shape index (κ3) is 1.95. The molecular weight excluding hydrogens is 184 g/mol. The van der Waals surface area contributed by atoms with Crippen molar-refractivity contribution in [1.82, 2.24) is 0 Å². The quantitative estimate of drug-likeness (QED) is 0.489. The van der Waals surface area contributed by atoms with Gasteiger partial charge in [0, 0.05) is 0 Å². The van der Waals surface area contributed by atoms with E-state index in [4.69, 9.17) is 0 Å². The van der Waals surface area contributed by atoms with Gasteiger partial charge >= 0.3 is 11.9 Å². The van der Waals surface area contributed by atoms with Gasteiger partial charge in [0.1, 0.15) is 0 Å². The summed E-state index contributed by atoms with van der Waals surface area (Å²) >= 11 is 0. The fourth-order valence-corrected chi connectivity index (χ4v) is 1.79. The Bertz CT molecular complexity index is 243. The number of ether oxygens (including phenoxy) is 2. The number of rotatable bonds is 2. The summed E-state index contributed by atoms with van der Waals surface area (Å²) in [7, 11) is 2.63. The van der Waals surface area contributed by atoms with Gasteiger partial charge in [-0.3, -0.25) is 9.59 Å². The Labute approximate surface area is 82.9 Å². The fraction of sp³-hybridized carbons (Fsp3) is 0.600. The van der Waals surface area contributed by atoms with E-state index in [1.807, 2.05) is 0 Å². The van der Waals surface area contributed by atoms with Crippen LogP contribution in [0.15, 0.2) is 12.2 Å². The lowest BCUT2D eigenvalue weighted by molar-refractivity contribution is -0.156. The second-order valence-corrected chi connectivity index (χ2v) is 3.42. The van der Waals surface area contributed by atoms with Crippen LogP contribution in [-0.4, -0.2) is 26.2 Å². The van der Waals surface area contributed by atoms with Crippen LogP contribution < -0.4 is 0 Å². The van der Waals surface area contributed by atoms with E-state index in [0.717, 1.165) is 5.57 Å². The minimum Gasteiger partial charge on any atom is -0.469 e. The van der Waals surface area contributed by atoms with Crippen molar-refractivity contribution in [3.8, 4) is 0 Å². The molecule has 0 N–H and O–H groups in total. The summed E-state index contributed by atoms with van der Waals surface area (Å²) in [5.74, 6) is -1.56. The van der Waals surface area contributed by atoms with Crippen molar-refractivity contribution in [2.45, 2.75) is 12.8 Å². The lowest BCUT2D eigenvalue weighted by atomic mass is 9.96. The maximum absolute atomic E-state index is 11.3. The van der Waals surface area contributed by atoms with E-state index >= 15 is 0 Å². The molecule has 4 heteroatoms. The molecule has 0 bridgehead atoms. The van der Waals surface area contributed by atoms with E-state index in [1.165, 1.54) is 14.2 Å². The molecule has 0 spiro atoms. The standard InChI is InChI=1S/C10H14O4/c1-6-4-7(9(11)13-2)8(5-6)10(12)14-3/h7-8H,1,4-5H2,2-3H3/t7-,8+.